The summed E-state index contributed by atoms with van der Waals surface area (Å²) >= 11 is 7.02. The molecule has 1 heterocycles. The average molecular weight is 285 g/mol. The summed E-state index contributed by atoms with van der Waals surface area (Å²) in [7, 11) is 0. The maximum Gasteiger partial charge on any atom is 0.221 e. The molecule has 0 saturated carbocycles. The van der Waals surface area contributed by atoms with Gasteiger partial charge in [-0.05, 0) is 12.1 Å². The second-order valence-corrected chi connectivity index (χ2v) is 4.75. The van der Waals surface area contributed by atoms with Crippen LogP contribution >= 0.6 is 35.3 Å². The summed E-state index contributed by atoms with van der Waals surface area (Å²) in [6.45, 7) is 0.502. The van der Waals surface area contributed by atoms with Gasteiger partial charge in [0, 0.05) is 24.4 Å². The Labute approximate surface area is 109 Å². The van der Waals surface area contributed by atoms with Crippen LogP contribution in [0.2, 0.25) is 4.34 Å². The van der Waals surface area contributed by atoms with Crippen LogP contribution < -0.4 is 11.1 Å². The van der Waals surface area contributed by atoms with Crippen molar-refractivity contribution < 1.29 is 9.90 Å². The third-order valence-electron chi connectivity index (χ3n) is 1.79. The van der Waals surface area contributed by atoms with Gasteiger partial charge >= 0.3 is 0 Å². The summed E-state index contributed by atoms with van der Waals surface area (Å²) in [5.41, 5.74) is 5.21. The summed E-state index contributed by atoms with van der Waals surface area (Å²) in [6, 6.07) is 3.46. The monoisotopic (exact) mass is 284 g/mol. The first-order chi connectivity index (χ1) is 7.13. The van der Waals surface area contributed by atoms with Crippen LogP contribution in [-0.2, 0) is 4.79 Å². The number of rotatable bonds is 5. The highest BCUT2D eigenvalue weighted by atomic mass is 35.5. The van der Waals surface area contributed by atoms with Crippen LogP contribution in [0.25, 0.3) is 0 Å². The molecule has 4 nitrogen and oxygen atoms in total. The molecule has 0 aliphatic carbocycles. The zero-order valence-corrected chi connectivity index (χ0v) is 10.9. The van der Waals surface area contributed by atoms with Crippen molar-refractivity contribution in [2.75, 3.05) is 13.1 Å². The molecule has 4 N–H and O–H groups in total. The van der Waals surface area contributed by atoms with Gasteiger partial charge in [0.05, 0.1) is 4.34 Å². The van der Waals surface area contributed by atoms with E-state index in [-0.39, 0.29) is 31.3 Å². The molecular formula is C9H14Cl2N2O2S. The number of amides is 1. The molecule has 0 spiro atoms. The Morgan fingerprint density at radius 1 is 1.62 bits per heavy atom. The van der Waals surface area contributed by atoms with Gasteiger partial charge in [0.25, 0.3) is 0 Å². The lowest BCUT2D eigenvalue weighted by Gasteiger charge is -2.09. The Kier molecular flexibility index (Phi) is 7.70. The Morgan fingerprint density at radius 2 is 2.31 bits per heavy atom. The van der Waals surface area contributed by atoms with Gasteiger partial charge in [-0.2, -0.15) is 0 Å². The number of carbonyl (C=O) groups is 1. The third kappa shape index (κ3) is 5.14. The molecule has 0 bridgehead atoms. The molecular weight excluding hydrogens is 271 g/mol. The number of aliphatic hydroxyl groups excluding tert-OH is 1. The predicted molar refractivity (Wildman–Crippen MR) is 68.2 cm³/mol. The number of halogens is 2. The van der Waals surface area contributed by atoms with Gasteiger partial charge < -0.3 is 16.2 Å². The minimum absolute atomic E-state index is 0. The van der Waals surface area contributed by atoms with E-state index in [0.717, 1.165) is 4.88 Å². The van der Waals surface area contributed by atoms with Crippen molar-refractivity contribution in [1.29, 1.82) is 0 Å². The molecule has 1 atom stereocenters. The van der Waals surface area contributed by atoms with Gasteiger partial charge in [-0.3, -0.25) is 4.79 Å². The molecule has 16 heavy (non-hydrogen) atoms. The van der Waals surface area contributed by atoms with E-state index in [0.29, 0.717) is 10.9 Å². The lowest BCUT2D eigenvalue weighted by molar-refractivity contribution is -0.121. The van der Waals surface area contributed by atoms with E-state index in [1.807, 2.05) is 0 Å². The second-order valence-electron chi connectivity index (χ2n) is 3.00. The molecule has 0 saturated heterocycles. The number of nitrogens with two attached hydrogens (primary N) is 1. The van der Waals surface area contributed by atoms with E-state index in [9.17, 15) is 9.90 Å². The van der Waals surface area contributed by atoms with Crippen LogP contribution in [0.1, 0.15) is 17.4 Å². The fraction of sp³-hybridized carbons (Fsp3) is 0.444. The Balaban J connectivity index is 0.00000225. The minimum Gasteiger partial charge on any atom is -0.386 e. The Bertz CT molecular complexity index is 333. The normalized spacial score (nSPS) is 11.7. The second kappa shape index (κ2) is 7.86. The maximum atomic E-state index is 11.1. The molecule has 0 aliphatic heterocycles. The lowest BCUT2D eigenvalue weighted by atomic mass is 10.3. The molecule has 0 aromatic carbocycles. The van der Waals surface area contributed by atoms with Crippen molar-refractivity contribution in [3.63, 3.8) is 0 Å². The third-order valence-corrected chi connectivity index (χ3v) is 3.12. The molecule has 7 heteroatoms. The van der Waals surface area contributed by atoms with Crippen LogP contribution in [0.5, 0.6) is 0 Å². The zero-order valence-electron chi connectivity index (χ0n) is 8.48. The fourth-order valence-electron chi connectivity index (χ4n) is 1.04. The molecule has 0 aliphatic rings. The Morgan fingerprint density at radius 3 is 2.81 bits per heavy atom. The summed E-state index contributed by atoms with van der Waals surface area (Å²) in [6.07, 6.45) is -0.429. The molecule has 1 amide bonds. The molecule has 0 fully saturated rings. The zero-order chi connectivity index (χ0) is 11.3. The van der Waals surface area contributed by atoms with E-state index in [4.69, 9.17) is 17.3 Å². The van der Waals surface area contributed by atoms with Crippen LogP contribution in [0.15, 0.2) is 12.1 Å². The summed E-state index contributed by atoms with van der Waals surface area (Å²) in [4.78, 5) is 11.8. The number of carbonyl (C=O) groups excluding carboxylic acids is 1. The molecule has 1 unspecified atom stereocenters. The van der Waals surface area contributed by atoms with Gasteiger partial charge in [0.2, 0.25) is 5.91 Å². The quantitative estimate of drug-likeness (QED) is 0.763. The fourth-order valence-corrected chi connectivity index (χ4v) is 2.08. The summed E-state index contributed by atoms with van der Waals surface area (Å²) < 4.78 is 0.623. The standard InChI is InChI=1S/C9H13ClN2O2S.ClH/c10-8-2-1-7(15-8)6(13)5-12-9(14)3-4-11;/h1-2,6,13H,3-5,11H2,(H,12,14);1H. The smallest absolute Gasteiger partial charge is 0.221 e. The van der Waals surface area contributed by atoms with Crippen molar-refractivity contribution in [3.8, 4) is 0 Å². The van der Waals surface area contributed by atoms with Crippen molar-refractivity contribution in [2.45, 2.75) is 12.5 Å². The van der Waals surface area contributed by atoms with E-state index >= 15 is 0 Å². The number of hydrogen-bond acceptors (Lipinski definition) is 4. The average Bonchev–Trinajstić information content (AvgIpc) is 2.62. The van der Waals surface area contributed by atoms with Gasteiger partial charge in [-0.1, -0.05) is 11.6 Å². The van der Waals surface area contributed by atoms with Crippen molar-refractivity contribution >= 4 is 41.3 Å². The number of hydrogen-bond donors (Lipinski definition) is 3. The van der Waals surface area contributed by atoms with Crippen molar-refractivity contribution in [3.05, 3.63) is 21.3 Å². The molecule has 1 aromatic heterocycles. The predicted octanol–water partition coefficient (Wildman–Crippen LogP) is 1.32. The van der Waals surface area contributed by atoms with Gasteiger partial charge in [0.15, 0.2) is 0 Å². The topological polar surface area (TPSA) is 75.4 Å². The van der Waals surface area contributed by atoms with E-state index in [1.54, 1.807) is 12.1 Å². The molecule has 92 valence electrons. The number of nitrogens with one attached hydrogen (secondary N) is 1. The SMILES string of the molecule is Cl.NCCC(=O)NCC(O)c1ccc(Cl)s1. The van der Waals surface area contributed by atoms with Crippen LogP contribution in [-0.4, -0.2) is 24.1 Å². The first kappa shape index (κ1) is 15.7. The van der Waals surface area contributed by atoms with Crippen LogP contribution in [0.3, 0.4) is 0 Å². The van der Waals surface area contributed by atoms with Crippen LogP contribution in [0, 0.1) is 0 Å². The van der Waals surface area contributed by atoms with E-state index < -0.39 is 6.10 Å². The summed E-state index contributed by atoms with van der Waals surface area (Å²) in [5, 5.41) is 12.2. The van der Waals surface area contributed by atoms with Crippen LogP contribution in [0.4, 0.5) is 0 Å². The van der Waals surface area contributed by atoms with Gasteiger partial charge in [-0.25, -0.2) is 0 Å². The number of thiophene rings is 1. The van der Waals surface area contributed by atoms with E-state index in [2.05, 4.69) is 5.32 Å². The minimum atomic E-state index is -0.704. The van der Waals surface area contributed by atoms with Crippen molar-refractivity contribution in [1.82, 2.24) is 5.32 Å². The summed E-state index contributed by atoms with van der Waals surface area (Å²) in [5.74, 6) is -0.154. The van der Waals surface area contributed by atoms with Crippen molar-refractivity contribution in [2.24, 2.45) is 5.73 Å². The lowest BCUT2D eigenvalue weighted by Crippen LogP contribution is -2.29. The van der Waals surface area contributed by atoms with E-state index in [1.165, 1.54) is 11.3 Å². The maximum absolute atomic E-state index is 11.1. The van der Waals surface area contributed by atoms with Gasteiger partial charge in [-0.15, -0.1) is 23.7 Å². The first-order valence-corrected chi connectivity index (χ1v) is 5.73. The molecule has 0 radical (unpaired) electrons. The Hall–Kier alpha value is -0.330. The first-order valence-electron chi connectivity index (χ1n) is 4.53. The van der Waals surface area contributed by atoms with Gasteiger partial charge in [0.1, 0.15) is 6.10 Å². The highest BCUT2D eigenvalue weighted by Crippen LogP contribution is 2.26. The highest BCUT2D eigenvalue weighted by Gasteiger charge is 2.11. The number of aliphatic hydroxyl groups is 1. The largest absolute Gasteiger partial charge is 0.386 e. The highest BCUT2D eigenvalue weighted by molar-refractivity contribution is 7.16. The molecule has 1 rings (SSSR count). The molecule has 1 aromatic rings.